The Morgan fingerprint density at radius 1 is 1.10 bits per heavy atom. The number of rotatable bonds is 9. The molecule has 1 aliphatic carbocycles. The predicted molar refractivity (Wildman–Crippen MR) is 87.4 cm³/mol. The van der Waals surface area contributed by atoms with Gasteiger partial charge in [0.25, 0.3) is 0 Å². The number of benzene rings is 1. The van der Waals surface area contributed by atoms with E-state index in [2.05, 4.69) is 31.3 Å². The maximum atomic E-state index is 5.47. The summed E-state index contributed by atoms with van der Waals surface area (Å²) in [5.74, 6) is 2.88. The molecule has 1 fully saturated rings. The van der Waals surface area contributed by atoms with E-state index in [1.165, 1.54) is 31.2 Å². The second kappa shape index (κ2) is 7.69. The second-order valence-corrected chi connectivity index (χ2v) is 5.98. The van der Waals surface area contributed by atoms with Gasteiger partial charge in [-0.05, 0) is 42.4 Å². The van der Waals surface area contributed by atoms with Crippen molar-refractivity contribution < 1.29 is 9.47 Å². The number of nitrogens with one attached hydrogen (secondary N) is 1. The summed E-state index contributed by atoms with van der Waals surface area (Å²) in [6, 6.07) is 7.12. The van der Waals surface area contributed by atoms with Gasteiger partial charge in [-0.15, -0.1) is 0 Å². The first-order valence-electron chi connectivity index (χ1n) is 8.18. The van der Waals surface area contributed by atoms with Gasteiger partial charge in [0.2, 0.25) is 0 Å². The summed E-state index contributed by atoms with van der Waals surface area (Å²) in [6.45, 7) is 5.64. The van der Waals surface area contributed by atoms with E-state index < -0.39 is 0 Å². The molecule has 0 heterocycles. The molecule has 0 saturated heterocycles. The molecule has 1 aromatic rings. The van der Waals surface area contributed by atoms with Crippen LogP contribution in [-0.4, -0.2) is 26.8 Å². The molecule has 0 radical (unpaired) electrons. The van der Waals surface area contributed by atoms with Crippen molar-refractivity contribution in [3.8, 4) is 11.5 Å². The Kier molecular flexibility index (Phi) is 5.92. The third-order valence-electron chi connectivity index (χ3n) is 4.66. The van der Waals surface area contributed by atoms with Crippen LogP contribution in [0.1, 0.15) is 51.0 Å². The number of hydrogen-bond donors (Lipinski definition) is 1. The SMILES string of the molecule is CCC(CC)C(CNC1CC1)c1ccc(OC)c(OC)c1. The lowest BCUT2D eigenvalue weighted by atomic mass is 9.82. The monoisotopic (exact) mass is 291 g/mol. The minimum atomic E-state index is 0.542. The van der Waals surface area contributed by atoms with Crippen molar-refractivity contribution in [2.24, 2.45) is 5.92 Å². The summed E-state index contributed by atoms with van der Waals surface area (Å²) < 4.78 is 10.8. The molecule has 0 spiro atoms. The Labute approximate surface area is 129 Å². The highest BCUT2D eigenvalue weighted by Gasteiger charge is 2.26. The summed E-state index contributed by atoms with van der Waals surface area (Å²) in [5.41, 5.74) is 1.36. The fraction of sp³-hybridized carbons (Fsp3) is 0.667. The lowest BCUT2D eigenvalue weighted by Gasteiger charge is -2.27. The lowest BCUT2D eigenvalue weighted by molar-refractivity contribution is 0.349. The molecule has 0 bridgehead atoms. The highest BCUT2D eigenvalue weighted by atomic mass is 16.5. The number of ether oxygens (including phenoxy) is 2. The van der Waals surface area contributed by atoms with E-state index in [0.717, 1.165) is 24.1 Å². The Morgan fingerprint density at radius 3 is 2.29 bits per heavy atom. The van der Waals surface area contributed by atoms with Gasteiger partial charge in [0, 0.05) is 12.6 Å². The molecule has 1 atom stereocenters. The van der Waals surface area contributed by atoms with E-state index in [1.54, 1.807) is 14.2 Å². The van der Waals surface area contributed by atoms with Crippen molar-refractivity contribution in [2.45, 2.75) is 51.5 Å². The van der Waals surface area contributed by atoms with Crippen LogP contribution in [0.3, 0.4) is 0 Å². The van der Waals surface area contributed by atoms with Gasteiger partial charge in [0.1, 0.15) is 0 Å². The molecule has 3 nitrogen and oxygen atoms in total. The molecule has 3 heteroatoms. The van der Waals surface area contributed by atoms with Crippen LogP contribution in [0.25, 0.3) is 0 Å². The summed E-state index contributed by atoms with van der Waals surface area (Å²) >= 11 is 0. The van der Waals surface area contributed by atoms with Crippen LogP contribution in [0.4, 0.5) is 0 Å². The number of methoxy groups -OCH3 is 2. The molecule has 1 aliphatic rings. The predicted octanol–water partition coefficient (Wildman–Crippen LogP) is 3.98. The van der Waals surface area contributed by atoms with E-state index in [9.17, 15) is 0 Å². The van der Waals surface area contributed by atoms with E-state index in [0.29, 0.717) is 11.8 Å². The molecular formula is C18H29NO2. The molecule has 1 aromatic carbocycles. The highest BCUT2D eigenvalue weighted by Crippen LogP contribution is 2.35. The first-order valence-corrected chi connectivity index (χ1v) is 8.18. The van der Waals surface area contributed by atoms with Gasteiger partial charge in [-0.1, -0.05) is 32.8 Å². The zero-order chi connectivity index (χ0) is 15.2. The van der Waals surface area contributed by atoms with E-state index in [4.69, 9.17) is 9.47 Å². The van der Waals surface area contributed by atoms with Gasteiger partial charge >= 0.3 is 0 Å². The summed E-state index contributed by atoms with van der Waals surface area (Å²) in [7, 11) is 3.39. The molecule has 2 rings (SSSR count). The summed E-state index contributed by atoms with van der Waals surface area (Å²) in [6.07, 6.45) is 5.09. The molecule has 0 aromatic heterocycles. The standard InChI is InChI=1S/C18H29NO2/c1-5-13(6-2)16(12-19-15-8-9-15)14-7-10-17(20-3)18(11-14)21-4/h7,10-11,13,15-16,19H,5-6,8-9,12H2,1-4H3. The Bertz CT molecular complexity index is 439. The molecule has 0 aliphatic heterocycles. The zero-order valence-corrected chi connectivity index (χ0v) is 13.8. The van der Waals surface area contributed by atoms with Crippen LogP contribution in [0.15, 0.2) is 18.2 Å². The molecule has 1 N–H and O–H groups in total. The smallest absolute Gasteiger partial charge is 0.160 e. The van der Waals surface area contributed by atoms with Crippen LogP contribution in [0.2, 0.25) is 0 Å². The van der Waals surface area contributed by atoms with Gasteiger partial charge in [0.05, 0.1) is 14.2 Å². The second-order valence-electron chi connectivity index (χ2n) is 5.98. The van der Waals surface area contributed by atoms with Crippen LogP contribution < -0.4 is 14.8 Å². The summed E-state index contributed by atoms with van der Waals surface area (Å²) in [5, 5.41) is 3.70. The normalized spacial score (nSPS) is 16.0. The quantitative estimate of drug-likeness (QED) is 0.746. The average Bonchev–Trinajstić information content (AvgIpc) is 3.35. The van der Waals surface area contributed by atoms with Gasteiger partial charge in [-0.25, -0.2) is 0 Å². The fourth-order valence-electron chi connectivity index (χ4n) is 3.08. The lowest BCUT2D eigenvalue weighted by Crippen LogP contribution is -2.28. The molecule has 0 amide bonds. The topological polar surface area (TPSA) is 30.5 Å². The molecule has 118 valence electrons. The average molecular weight is 291 g/mol. The molecule has 1 saturated carbocycles. The van der Waals surface area contributed by atoms with Gasteiger partial charge in [0.15, 0.2) is 11.5 Å². The highest BCUT2D eigenvalue weighted by molar-refractivity contribution is 5.44. The summed E-state index contributed by atoms with van der Waals surface area (Å²) in [4.78, 5) is 0. The molecule has 21 heavy (non-hydrogen) atoms. The largest absolute Gasteiger partial charge is 0.493 e. The van der Waals surface area contributed by atoms with Crippen LogP contribution >= 0.6 is 0 Å². The van der Waals surface area contributed by atoms with Crippen molar-refractivity contribution >= 4 is 0 Å². The van der Waals surface area contributed by atoms with Crippen molar-refractivity contribution in [1.82, 2.24) is 5.32 Å². The minimum absolute atomic E-state index is 0.542. The van der Waals surface area contributed by atoms with Crippen molar-refractivity contribution in [3.63, 3.8) is 0 Å². The number of hydrogen-bond acceptors (Lipinski definition) is 3. The van der Waals surface area contributed by atoms with Gasteiger partial charge in [-0.3, -0.25) is 0 Å². The molecular weight excluding hydrogens is 262 g/mol. The Balaban J connectivity index is 2.20. The first kappa shape index (κ1) is 16.2. The first-order chi connectivity index (χ1) is 10.2. The third-order valence-corrected chi connectivity index (χ3v) is 4.66. The Hall–Kier alpha value is -1.22. The van der Waals surface area contributed by atoms with E-state index >= 15 is 0 Å². The van der Waals surface area contributed by atoms with Crippen LogP contribution in [-0.2, 0) is 0 Å². The van der Waals surface area contributed by atoms with E-state index in [-0.39, 0.29) is 0 Å². The minimum Gasteiger partial charge on any atom is -0.493 e. The Morgan fingerprint density at radius 2 is 1.76 bits per heavy atom. The molecule has 1 unspecified atom stereocenters. The maximum Gasteiger partial charge on any atom is 0.160 e. The van der Waals surface area contributed by atoms with Crippen molar-refractivity contribution in [1.29, 1.82) is 0 Å². The fourth-order valence-corrected chi connectivity index (χ4v) is 3.08. The van der Waals surface area contributed by atoms with Crippen molar-refractivity contribution in [3.05, 3.63) is 23.8 Å². The third kappa shape index (κ3) is 4.13. The van der Waals surface area contributed by atoms with Gasteiger partial charge in [-0.2, -0.15) is 0 Å². The van der Waals surface area contributed by atoms with Crippen LogP contribution in [0.5, 0.6) is 11.5 Å². The zero-order valence-electron chi connectivity index (χ0n) is 13.8. The van der Waals surface area contributed by atoms with Gasteiger partial charge < -0.3 is 14.8 Å². The van der Waals surface area contributed by atoms with E-state index in [1.807, 2.05) is 6.07 Å². The maximum absolute atomic E-state index is 5.47. The van der Waals surface area contributed by atoms with Crippen molar-refractivity contribution in [2.75, 3.05) is 20.8 Å². The van der Waals surface area contributed by atoms with Crippen LogP contribution in [0, 0.1) is 5.92 Å².